The summed E-state index contributed by atoms with van der Waals surface area (Å²) in [7, 11) is 0. The average molecular weight is 215 g/mol. The van der Waals surface area contributed by atoms with Crippen LogP contribution in [0.2, 0.25) is 0 Å². The largest absolute Gasteiger partial charge is 0.371 e. The molecule has 4 heteroatoms. The first kappa shape index (κ1) is 10.3. The van der Waals surface area contributed by atoms with Crippen molar-refractivity contribution in [2.75, 3.05) is 18.0 Å². The van der Waals surface area contributed by atoms with Crippen LogP contribution >= 0.6 is 0 Å². The minimum absolute atomic E-state index is 0.149. The summed E-state index contributed by atoms with van der Waals surface area (Å²) < 4.78 is 38.6. The van der Waals surface area contributed by atoms with Crippen molar-refractivity contribution in [3.63, 3.8) is 0 Å². The normalized spacial score (nSPS) is 20.3. The SMILES string of the molecule is Fc1cccc(N2CCC(F)(F)CC2)c1. The number of halogens is 3. The molecule has 0 aliphatic carbocycles. The molecule has 0 spiro atoms. The maximum Gasteiger partial charge on any atom is 0.251 e. The second-order valence-electron chi connectivity index (χ2n) is 3.82. The molecule has 0 bridgehead atoms. The zero-order chi connectivity index (χ0) is 10.9. The molecular weight excluding hydrogens is 203 g/mol. The van der Waals surface area contributed by atoms with E-state index in [1.807, 2.05) is 0 Å². The fraction of sp³-hybridized carbons (Fsp3) is 0.455. The Kier molecular flexibility index (Phi) is 2.59. The lowest BCUT2D eigenvalue weighted by Gasteiger charge is -2.33. The Labute approximate surface area is 86.5 Å². The van der Waals surface area contributed by atoms with E-state index in [-0.39, 0.29) is 31.7 Å². The van der Waals surface area contributed by atoms with Gasteiger partial charge in [0.05, 0.1) is 0 Å². The summed E-state index contributed by atoms with van der Waals surface area (Å²) >= 11 is 0. The van der Waals surface area contributed by atoms with Gasteiger partial charge in [-0.15, -0.1) is 0 Å². The van der Waals surface area contributed by atoms with Crippen LogP contribution in [0.25, 0.3) is 0 Å². The first-order valence-electron chi connectivity index (χ1n) is 4.95. The Hall–Kier alpha value is -1.19. The smallest absolute Gasteiger partial charge is 0.251 e. The Bertz CT molecular complexity index is 341. The molecule has 1 fully saturated rings. The number of nitrogens with zero attached hydrogens (tertiary/aromatic N) is 1. The van der Waals surface area contributed by atoms with Crippen LogP contribution in [0.1, 0.15) is 12.8 Å². The van der Waals surface area contributed by atoms with E-state index in [0.29, 0.717) is 5.69 Å². The number of benzene rings is 1. The van der Waals surface area contributed by atoms with E-state index >= 15 is 0 Å². The molecule has 0 N–H and O–H groups in total. The Morgan fingerprint density at radius 3 is 2.40 bits per heavy atom. The molecule has 0 saturated carbocycles. The Balaban J connectivity index is 2.08. The molecule has 0 amide bonds. The van der Waals surface area contributed by atoms with Crippen molar-refractivity contribution in [1.29, 1.82) is 0 Å². The Morgan fingerprint density at radius 1 is 1.13 bits per heavy atom. The van der Waals surface area contributed by atoms with Gasteiger partial charge in [-0.1, -0.05) is 6.07 Å². The van der Waals surface area contributed by atoms with Gasteiger partial charge in [-0.05, 0) is 18.2 Å². The lowest BCUT2D eigenvalue weighted by atomic mass is 10.1. The molecule has 1 nitrogen and oxygen atoms in total. The van der Waals surface area contributed by atoms with Crippen LogP contribution in [0.5, 0.6) is 0 Å². The van der Waals surface area contributed by atoms with Gasteiger partial charge in [0.15, 0.2) is 0 Å². The average Bonchev–Trinajstić information content (AvgIpc) is 2.17. The third-order valence-electron chi connectivity index (χ3n) is 2.67. The lowest BCUT2D eigenvalue weighted by Crippen LogP contribution is -2.39. The van der Waals surface area contributed by atoms with E-state index in [4.69, 9.17) is 0 Å². The molecule has 1 aromatic carbocycles. The van der Waals surface area contributed by atoms with E-state index in [1.165, 1.54) is 12.1 Å². The topological polar surface area (TPSA) is 3.24 Å². The number of hydrogen-bond donors (Lipinski definition) is 0. The summed E-state index contributed by atoms with van der Waals surface area (Å²) in [5.74, 6) is -2.88. The van der Waals surface area contributed by atoms with Crippen molar-refractivity contribution in [1.82, 2.24) is 0 Å². The van der Waals surface area contributed by atoms with E-state index in [1.54, 1.807) is 17.0 Å². The summed E-state index contributed by atoms with van der Waals surface area (Å²) in [6, 6.07) is 6.06. The van der Waals surface area contributed by atoms with Crippen molar-refractivity contribution in [3.8, 4) is 0 Å². The van der Waals surface area contributed by atoms with Crippen molar-refractivity contribution in [2.24, 2.45) is 0 Å². The van der Waals surface area contributed by atoms with Gasteiger partial charge in [-0.2, -0.15) is 0 Å². The van der Waals surface area contributed by atoms with Gasteiger partial charge in [0, 0.05) is 31.6 Å². The number of rotatable bonds is 1. The second-order valence-corrected chi connectivity index (χ2v) is 3.82. The zero-order valence-corrected chi connectivity index (χ0v) is 8.22. The van der Waals surface area contributed by atoms with Gasteiger partial charge in [0.2, 0.25) is 0 Å². The fourth-order valence-electron chi connectivity index (χ4n) is 1.76. The van der Waals surface area contributed by atoms with Crippen LogP contribution in [0.4, 0.5) is 18.9 Å². The van der Waals surface area contributed by atoms with Crippen molar-refractivity contribution >= 4 is 5.69 Å². The molecular formula is C11H12F3N. The highest BCUT2D eigenvalue weighted by molar-refractivity contribution is 5.46. The second kappa shape index (κ2) is 3.76. The molecule has 1 aromatic rings. The zero-order valence-electron chi connectivity index (χ0n) is 8.22. The standard InChI is InChI=1S/C11H12F3N/c12-9-2-1-3-10(8-9)15-6-4-11(13,14)5-7-15/h1-3,8H,4-7H2. The number of alkyl halides is 2. The van der Waals surface area contributed by atoms with Crippen LogP contribution in [0, 0.1) is 5.82 Å². The molecule has 0 unspecified atom stereocenters. The van der Waals surface area contributed by atoms with Crippen molar-refractivity contribution in [2.45, 2.75) is 18.8 Å². The molecule has 0 radical (unpaired) electrons. The maximum absolute atomic E-state index is 12.9. The van der Waals surface area contributed by atoms with Gasteiger partial charge in [-0.3, -0.25) is 0 Å². The van der Waals surface area contributed by atoms with E-state index in [2.05, 4.69) is 0 Å². The van der Waals surface area contributed by atoms with Crippen LogP contribution in [0.15, 0.2) is 24.3 Å². The van der Waals surface area contributed by atoms with Gasteiger partial charge in [0.1, 0.15) is 5.82 Å². The minimum Gasteiger partial charge on any atom is -0.371 e. The fourth-order valence-corrected chi connectivity index (χ4v) is 1.76. The molecule has 1 aliphatic rings. The number of piperidine rings is 1. The molecule has 82 valence electrons. The summed E-state index contributed by atoms with van der Waals surface area (Å²) in [5, 5.41) is 0. The highest BCUT2D eigenvalue weighted by atomic mass is 19.3. The summed E-state index contributed by atoms with van der Waals surface area (Å²) in [6.07, 6.45) is -0.299. The molecule has 0 aromatic heterocycles. The molecule has 1 saturated heterocycles. The first-order valence-corrected chi connectivity index (χ1v) is 4.95. The van der Waals surface area contributed by atoms with Gasteiger partial charge in [0.25, 0.3) is 5.92 Å². The molecule has 1 aliphatic heterocycles. The first-order chi connectivity index (χ1) is 7.07. The Morgan fingerprint density at radius 2 is 1.80 bits per heavy atom. The van der Waals surface area contributed by atoms with E-state index in [0.717, 1.165) is 0 Å². The third-order valence-corrected chi connectivity index (χ3v) is 2.67. The maximum atomic E-state index is 12.9. The van der Waals surface area contributed by atoms with E-state index < -0.39 is 5.92 Å². The predicted molar refractivity (Wildman–Crippen MR) is 52.8 cm³/mol. The summed E-state index contributed by atoms with van der Waals surface area (Å²) in [4.78, 5) is 1.79. The summed E-state index contributed by atoms with van der Waals surface area (Å²) in [5.41, 5.74) is 0.686. The quantitative estimate of drug-likeness (QED) is 0.696. The lowest BCUT2D eigenvalue weighted by molar-refractivity contribution is -0.0220. The highest BCUT2D eigenvalue weighted by Gasteiger charge is 2.33. The van der Waals surface area contributed by atoms with Crippen molar-refractivity contribution < 1.29 is 13.2 Å². The number of anilines is 1. The molecule has 2 rings (SSSR count). The molecule has 1 heterocycles. The highest BCUT2D eigenvalue weighted by Crippen LogP contribution is 2.30. The van der Waals surface area contributed by atoms with Crippen LogP contribution < -0.4 is 4.90 Å². The van der Waals surface area contributed by atoms with Crippen molar-refractivity contribution in [3.05, 3.63) is 30.1 Å². The molecule has 15 heavy (non-hydrogen) atoms. The van der Waals surface area contributed by atoms with E-state index in [9.17, 15) is 13.2 Å². The predicted octanol–water partition coefficient (Wildman–Crippen LogP) is 3.06. The van der Waals surface area contributed by atoms with Gasteiger partial charge < -0.3 is 4.90 Å². The van der Waals surface area contributed by atoms with Crippen LogP contribution in [-0.2, 0) is 0 Å². The molecule has 0 atom stereocenters. The minimum atomic E-state index is -2.55. The van der Waals surface area contributed by atoms with Gasteiger partial charge >= 0.3 is 0 Å². The van der Waals surface area contributed by atoms with Crippen LogP contribution in [-0.4, -0.2) is 19.0 Å². The number of hydrogen-bond acceptors (Lipinski definition) is 1. The van der Waals surface area contributed by atoms with Crippen LogP contribution in [0.3, 0.4) is 0 Å². The monoisotopic (exact) mass is 215 g/mol. The van der Waals surface area contributed by atoms with Gasteiger partial charge in [-0.25, -0.2) is 13.2 Å². The third kappa shape index (κ3) is 2.43. The summed E-state index contributed by atoms with van der Waals surface area (Å²) in [6.45, 7) is 0.576.